The molecule has 1 amide bonds. The molecule has 2 aromatic rings. The van der Waals surface area contributed by atoms with Gasteiger partial charge in [0.05, 0.1) is 13.2 Å². The quantitative estimate of drug-likeness (QED) is 0.737. The summed E-state index contributed by atoms with van der Waals surface area (Å²) in [5.41, 5.74) is 14.2. The maximum atomic E-state index is 14.0. The third kappa shape index (κ3) is 4.07. The number of amides is 1. The van der Waals surface area contributed by atoms with E-state index in [1.807, 2.05) is 4.90 Å². The topological polar surface area (TPSA) is 93.6 Å². The summed E-state index contributed by atoms with van der Waals surface area (Å²) in [5, 5.41) is 2.74. The number of nitrogens with zero attached hydrogens (tertiary/aromatic N) is 1. The van der Waals surface area contributed by atoms with E-state index in [0.717, 1.165) is 5.56 Å². The summed E-state index contributed by atoms with van der Waals surface area (Å²) in [6.45, 7) is 2.84. The van der Waals surface area contributed by atoms with Crippen LogP contribution in [0.15, 0.2) is 36.4 Å². The van der Waals surface area contributed by atoms with Gasteiger partial charge in [0.15, 0.2) is 0 Å². The summed E-state index contributed by atoms with van der Waals surface area (Å²) < 4.78 is 19.3. The van der Waals surface area contributed by atoms with Gasteiger partial charge in [0.25, 0.3) is 5.91 Å². The van der Waals surface area contributed by atoms with Crippen molar-refractivity contribution >= 4 is 23.0 Å². The standard InChI is InChI=1S/C18H21FN4O2/c19-14-7-13(8-16(9-14)23-3-5-25-6-4-23)18(24)22-15-2-1-12(11-20)17(21)10-15/h1-2,7-10H,3-6,11,20-21H2,(H,22,24). The lowest BCUT2D eigenvalue weighted by Gasteiger charge is -2.29. The van der Waals surface area contributed by atoms with Crippen molar-refractivity contribution in [2.45, 2.75) is 6.54 Å². The van der Waals surface area contributed by atoms with Crippen molar-refractivity contribution in [1.82, 2.24) is 0 Å². The van der Waals surface area contributed by atoms with E-state index in [1.54, 1.807) is 24.3 Å². The molecule has 132 valence electrons. The van der Waals surface area contributed by atoms with Gasteiger partial charge in [-0.15, -0.1) is 0 Å². The number of nitrogens with two attached hydrogens (primary N) is 2. The highest BCUT2D eigenvalue weighted by atomic mass is 19.1. The number of hydrogen-bond donors (Lipinski definition) is 3. The van der Waals surface area contributed by atoms with Crippen molar-refractivity contribution in [1.29, 1.82) is 0 Å². The van der Waals surface area contributed by atoms with Gasteiger partial charge in [-0.05, 0) is 35.9 Å². The number of morpholine rings is 1. The van der Waals surface area contributed by atoms with Gasteiger partial charge in [-0.1, -0.05) is 6.07 Å². The van der Waals surface area contributed by atoms with E-state index >= 15 is 0 Å². The van der Waals surface area contributed by atoms with Gasteiger partial charge in [-0.2, -0.15) is 0 Å². The van der Waals surface area contributed by atoms with E-state index in [9.17, 15) is 9.18 Å². The Hall–Kier alpha value is -2.64. The zero-order chi connectivity index (χ0) is 17.8. The maximum Gasteiger partial charge on any atom is 0.255 e. The average molecular weight is 344 g/mol. The second-order valence-corrected chi connectivity index (χ2v) is 5.87. The number of benzene rings is 2. The second-order valence-electron chi connectivity index (χ2n) is 5.87. The summed E-state index contributed by atoms with van der Waals surface area (Å²) >= 11 is 0. The lowest BCUT2D eigenvalue weighted by molar-refractivity contribution is 0.102. The third-order valence-corrected chi connectivity index (χ3v) is 4.14. The monoisotopic (exact) mass is 344 g/mol. The van der Waals surface area contributed by atoms with E-state index < -0.39 is 11.7 Å². The van der Waals surface area contributed by atoms with Gasteiger partial charge in [-0.25, -0.2) is 4.39 Å². The summed E-state index contributed by atoms with van der Waals surface area (Å²) in [6, 6.07) is 9.45. The highest BCUT2D eigenvalue weighted by molar-refractivity contribution is 6.05. The molecule has 0 bridgehead atoms. The largest absolute Gasteiger partial charge is 0.398 e. The first kappa shape index (κ1) is 17.2. The molecule has 3 rings (SSSR count). The predicted octanol–water partition coefficient (Wildman–Crippen LogP) is 1.96. The van der Waals surface area contributed by atoms with E-state index in [1.165, 1.54) is 12.1 Å². The Morgan fingerprint density at radius 1 is 1.20 bits per heavy atom. The summed E-state index contributed by atoms with van der Waals surface area (Å²) in [5.74, 6) is -0.846. The van der Waals surface area contributed by atoms with Crippen molar-refractivity contribution in [3.05, 3.63) is 53.3 Å². The first-order chi connectivity index (χ1) is 12.1. The van der Waals surface area contributed by atoms with Gasteiger partial charge in [0, 0.05) is 42.3 Å². The lowest BCUT2D eigenvalue weighted by Crippen LogP contribution is -2.36. The molecule has 6 nitrogen and oxygen atoms in total. The highest BCUT2D eigenvalue weighted by Crippen LogP contribution is 2.22. The maximum absolute atomic E-state index is 14.0. The molecule has 0 unspecified atom stereocenters. The van der Waals surface area contributed by atoms with Crippen LogP contribution in [0.3, 0.4) is 0 Å². The minimum atomic E-state index is -0.452. The zero-order valence-corrected chi connectivity index (χ0v) is 13.8. The van der Waals surface area contributed by atoms with Crippen LogP contribution in [0.4, 0.5) is 21.5 Å². The molecule has 1 aliphatic rings. The highest BCUT2D eigenvalue weighted by Gasteiger charge is 2.16. The SMILES string of the molecule is NCc1ccc(NC(=O)c2cc(F)cc(N3CCOCC3)c2)cc1N. The fourth-order valence-corrected chi connectivity index (χ4v) is 2.77. The Morgan fingerprint density at radius 2 is 1.96 bits per heavy atom. The van der Waals surface area contributed by atoms with Crippen LogP contribution in [-0.2, 0) is 11.3 Å². The number of carbonyl (C=O) groups excluding carboxylic acids is 1. The molecule has 0 spiro atoms. The molecule has 1 aliphatic heterocycles. The molecular weight excluding hydrogens is 323 g/mol. The Bertz CT molecular complexity index is 776. The Labute approximate surface area is 145 Å². The molecule has 0 radical (unpaired) electrons. The Morgan fingerprint density at radius 3 is 2.64 bits per heavy atom. The number of carbonyl (C=O) groups is 1. The molecule has 0 saturated carbocycles. The lowest BCUT2D eigenvalue weighted by atomic mass is 10.1. The third-order valence-electron chi connectivity index (χ3n) is 4.14. The van der Waals surface area contributed by atoms with E-state index in [4.69, 9.17) is 16.2 Å². The molecule has 1 fully saturated rings. The molecule has 25 heavy (non-hydrogen) atoms. The first-order valence-electron chi connectivity index (χ1n) is 8.10. The normalized spacial score (nSPS) is 14.4. The van der Waals surface area contributed by atoms with Crippen LogP contribution in [0.1, 0.15) is 15.9 Å². The number of hydrogen-bond acceptors (Lipinski definition) is 5. The van der Waals surface area contributed by atoms with Gasteiger partial charge in [-0.3, -0.25) is 4.79 Å². The van der Waals surface area contributed by atoms with Crippen molar-refractivity contribution in [3.63, 3.8) is 0 Å². The summed E-state index contributed by atoms with van der Waals surface area (Å²) in [7, 11) is 0. The van der Waals surface area contributed by atoms with Crippen LogP contribution in [0, 0.1) is 5.82 Å². The molecule has 0 aromatic heterocycles. The summed E-state index contributed by atoms with van der Waals surface area (Å²) in [4.78, 5) is 14.5. The number of anilines is 3. The Balaban J connectivity index is 1.79. The molecule has 0 atom stereocenters. The van der Waals surface area contributed by atoms with Gasteiger partial charge < -0.3 is 26.4 Å². The fraction of sp³-hybridized carbons (Fsp3) is 0.278. The first-order valence-corrected chi connectivity index (χ1v) is 8.10. The fourth-order valence-electron chi connectivity index (χ4n) is 2.77. The molecule has 7 heteroatoms. The van der Waals surface area contributed by atoms with Crippen molar-refractivity contribution in [2.75, 3.05) is 42.3 Å². The van der Waals surface area contributed by atoms with Gasteiger partial charge >= 0.3 is 0 Å². The van der Waals surface area contributed by atoms with Crippen LogP contribution in [-0.4, -0.2) is 32.2 Å². The van der Waals surface area contributed by atoms with E-state index in [2.05, 4.69) is 5.32 Å². The summed E-state index contributed by atoms with van der Waals surface area (Å²) in [6.07, 6.45) is 0. The molecule has 1 heterocycles. The predicted molar refractivity (Wildman–Crippen MR) is 96.1 cm³/mol. The average Bonchev–Trinajstić information content (AvgIpc) is 2.62. The number of ether oxygens (including phenoxy) is 1. The number of nitrogen functional groups attached to an aromatic ring is 1. The number of nitrogens with one attached hydrogen (secondary N) is 1. The van der Waals surface area contributed by atoms with Gasteiger partial charge in [0.2, 0.25) is 0 Å². The van der Waals surface area contributed by atoms with E-state index in [-0.39, 0.29) is 5.56 Å². The van der Waals surface area contributed by atoms with Crippen molar-refractivity contribution in [3.8, 4) is 0 Å². The van der Waals surface area contributed by atoms with Crippen LogP contribution in [0.25, 0.3) is 0 Å². The number of halogens is 1. The molecule has 0 aliphatic carbocycles. The molecule has 5 N–H and O–H groups in total. The minimum absolute atomic E-state index is 0.253. The van der Waals surface area contributed by atoms with E-state index in [0.29, 0.717) is 49.9 Å². The van der Waals surface area contributed by atoms with Gasteiger partial charge in [0.1, 0.15) is 5.82 Å². The molecular formula is C18H21FN4O2. The molecule has 1 saturated heterocycles. The number of rotatable bonds is 4. The van der Waals surface area contributed by atoms with Crippen LogP contribution in [0.2, 0.25) is 0 Å². The smallest absolute Gasteiger partial charge is 0.255 e. The Kier molecular flexibility index (Phi) is 5.16. The van der Waals surface area contributed by atoms with Crippen molar-refractivity contribution in [2.24, 2.45) is 5.73 Å². The van der Waals surface area contributed by atoms with Crippen LogP contribution < -0.4 is 21.7 Å². The zero-order valence-electron chi connectivity index (χ0n) is 13.8. The minimum Gasteiger partial charge on any atom is -0.398 e. The molecule has 2 aromatic carbocycles. The van der Waals surface area contributed by atoms with Crippen molar-refractivity contribution < 1.29 is 13.9 Å². The van der Waals surface area contributed by atoms with Crippen LogP contribution in [0.5, 0.6) is 0 Å². The second kappa shape index (κ2) is 7.50. The van der Waals surface area contributed by atoms with Crippen LogP contribution >= 0.6 is 0 Å².